The molecule has 2 N–H and O–H groups in total. The van der Waals surface area contributed by atoms with Gasteiger partial charge in [-0.1, -0.05) is 6.92 Å². The second-order valence-corrected chi connectivity index (χ2v) is 4.71. The molecular formula is C13H21N3O. The van der Waals surface area contributed by atoms with Gasteiger partial charge in [0.25, 0.3) is 0 Å². The van der Waals surface area contributed by atoms with Crippen LogP contribution in [0.4, 0.5) is 0 Å². The van der Waals surface area contributed by atoms with E-state index in [9.17, 15) is 0 Å². The van der Waals surface area contributed by atoms with Gasteiger partial charge in [-0.15, -0.1) is 0 Å². The Labute approximate surface area is 103 Å². The average molecular weight is 235 g/mol. The highest BCUT2D eigenvalue weighted by Gasteiger charge is 2.18. The minimum Gasteiger partial charge on any atom is -0.381 e. The maximum Gasteiger partial charge on any atom is 0.131 e. The Balaban J connectivity index is 1.97. The molecule has 0 aromatic carbocycles. The molecule has 1 aliphatic rings. The topological polar surface area (TPSA) is 61.0 Å². The fraction of sp³-hybridized carbons (Fsp3) is 0.692. The van der Waals surface area contributed by atoms with E-state index >= 15 is 0 Å². The van der Waals surface area contributed by atoms with Crippen molar-refractivity contribution in [2.24, 2.45) is 5.73 Å². The summed E-state index contributed by atoms with van der Waals surface area (Å²) in [7, 11) is 0. The van der Waals surface area contributed by atoms with E-state index in [0.717, 1.165) is 50.3 Å². The van der Waals surface area contributed by atoms with E-state index in [4.69, 9.17) is 10.5 Å². The molecule has 0 saturated carbocycles. The van der Waals surface area contributed by atoms with Gasteiger partial charge in [-0.25, -0.2) is 9.97 Å². The number of nitrogens with zero attached hydrogens (tertiary/aromatic N) is 2. The lowest BCUT2D eigenvalue weighted by Gasteiger charge is -2.20. The van der Waals surface area contributed by atoms with Gasteiger partial charge in [0.05, 0.1) is 0 Å². The molecule has 17 heavy (non-hydrogen) atoms. The predicted molar refractivity (Wildman–Crippen MR) is 66.8 cm³/mol. The van der Waals surface area contributed by atoms with Crippen molar-refractivity contribution in [1.82, 2.24) is 9.97 Å². The van der Waals surface area contributed by atoms with Crippen molar-refractivity contribution in [2.75, 3.05) is 13.2 Å². The average Bonchev–Trinajstić information content (AvgIpc) is 2.40. The van der Waals surface area contributed by atoms with Gasteiger partial charge < -0.3 is 10.5 Å². The van der Waals surface area contributed by atoms with Crippen LogP contribution in [0.15, 0.2) is 12.4 Å². The van der Waals surface area contributed by atoms with Crippen LogP contribution >= 0.6 is 0 Å². The normalized spacial score (nSPS) is 19.2. The van der Waals surface area contributed by atoms with Gasteiger partial charge in [0, 0.05) is 37.6 Å². The highest BCUT2D eigenvalue weighted by atomic mass is 16.5. The highest BCUT2D eigenvalue weighted by Crippen LogP contribution is 2.23. The molecule has 94 valence electrons. The zero-order chi connectivity index (χ0) is 12.1. The summed E-state index contributed by atoms with van der Waals surface area (Å²) in [5.41, 5.74) is 7.05. The lowest BCUT2D eigenvalue weighted by molar-refractivity contribution is 0.0835. The number of aromatic nitrogens is 2. The molecule has 4 heteroatoms. The third-order valence-electron chi connectivity index (χ3n) is 3.33. The van der Waals surface area contributed by atoms with Gasteiger partial charge in [0.15, 0.2) is 0 Å². The van der Waals surface area contributed by atoms with Gasteiger partial charge in [-0.05, 0) is 31.2 Å². The smallest absolute Gasteiger partial charge is 0.131 e. The molecule has 0 aliphatic carbocycles. The molecule has 0 radical (unpaired) electrons. The van der Waals surface area contributed by atoms with E-state index in [-0.39, 0.29) is 6.04 Å². The Kier molecular flexibility index (Phi) is 4.45. The van der Waals surface area contributed by atoms with Gasteiger partial charge in [0.2, 0.25) is 0 Å². The van der Waals surface area contributed by atoms with Gasteiger partial charge in [-0.3, -0.25) is 0 Å². The Morgan fingerprint density at radius 2 is 2.00 bits per heavy atom. The van der Waals surface area contributed by atoms with Crippen LogP contribution in [0.5, 0.6) is 0 Å². The summed E-state index contributed by atoms with van der Waals surface area (Å²) in [4.78, 5) is 8.93. The third-order valence-corrected chi connectivity index (χ3v) is 3.33. The van der Waals surface area contributed by atoms with Crippen LogP contribution in [0.3, 0.4) is 0 Å². The van der Waals surface area contributed by atoms with Crippen LogP contribution in [-0.4, -0.2) is 29.2 Å². The first kappa shape index (κ1) is 12.5. The highest BCUT2D eigenvalue weighted by molar-refractivity contribution is 5.09. The largest absolute Gasteiger partial charge is 0.381 e. The predicted octanol–water partition coefficient (Wildman–Crippen LogP) is 1.65. The van der Waals surface area contributed by atoms with E-state index in [0.29, 0.717) is 5.92 Å². The fourth-order valence-electron chi connectivity index (χ4n) is 2.08. The molecule has 1 atom stereocenters. The summed E-state index contributed by atoms with van der Waals surface area (Å²) in [6, 6.07) is 0.215. The molecule has 1 aliphatic heterocycles. The second kappa shape index (κ2) is 6.07. The monoisotopic (exact) mass is 235 g/mol. The van der Waals surface area contributed by atoms with Crippen molar-refractivity contribution in [2.45, 2.75) is 44.6 Å². The molecule has 1 fully saturated rings. The van der Waals surface area contributed by atoms with Crippen LogP contribution in [-0.2, 0) is 11.2 Å². The van der Waals surface area contributed by atoms with Crippen molar-refractivity contribution in [1.29, 1.82) is 0 Å². The molecule has 1 unspecified atom stereocenters. The molecule has 1 aromatic rings. The summed E-state index contributed by atoms with van der Waals surface area (Å²) in [6.45, 7) is 3.76. The van der Waals surface area contributed by atoms with Crippen molar-refractivity contribution >= 4 is 0 Å². The number of rotatable bonds is 4. The van der Waals surface area contributed by atoms with Crippen LogP contribution < -0.4 is 5.73 Å². The van der Waals surface area contributed by atoms with Crippen LogP contribution in [0.2, 0.25) is 0 Å². The summed E-state index contributed by atoms with van der Waals surface area (Å²) in [5, 5.41) is 0. The Morgan fingerprint density at radius 1 is 1.35 bits per heavy atom. The summed E-state index contributed by atoms with van der Waals surface area (Å²) in [6.07, 6.45) is 7.77. The first-order valence-electron chi connectivity index (χ1n) is 6.43. The standard InChI is InChI=1S/C13H21N3O/c1-2-12(14)7-10-8-15-13(16-9-10)11-3-5-17-6-4-11/h8-9,11-12H,2-7,14H2,1H3. The summed E-state index contributed by atoms with van der Waals surface area (Å²) < 4.78 is 5.34. The molecule has 0 amide bonds. The van der Waals surface area contributed by atoms with Crippen molar-refractivity contribution < 1.29 is 4.74 Å². The van der Waals surface area contributed by atoms with Crippen molar-refractivity contribution in [3.63, 3.8) is 0 Å². The summed E-state index contributed by atoms with van der Waals surface area (Å²) in [5.74, 6) is 1.43. The molecule has 0 spiro atoms. The summed E-state index contributed by atoms with van der Waals surface area (Å²) >= 11 is 0. The number of nitrogens with two attached hydrogens (primary N) is 1. The van der Waals surface area contributed by atoms with E-state index in [1.807, 2.05) is 12.4 Å². The number of hydrogen-bond acceptors (Lipinski definition) is 4. The van der Waals surface area contributed by atoms with Gasteiger partial charge in [-0.2, -0.15) is 0 Å². The molecule has 1 saturated heterocycles. The SMILES string of the molecule is CCC(N)Cc1cnc(C2CCOCC2)nc1. The zero-order valence-electron chi connectivity index (χ0n) is 10.4. The quantitative estimate of drug-likeness (QED) is 0.862. The minimum absolute atomic E-state index is 0.215. The molecule has 2 heterocycles. The Hall–Kier alpha value is -1.00. The third kappa shape index (κ3) is 3.48. The maximum absolute atomic E-state index is 5.91. The number of hydrogen-bond donors (Lipinski definition) is 1. The van der Waals surface area contributed by atoms with E-state index < -0.39 is 0 Å². The van der Waals surface area contributed by atoms with Crippen molar-refractivity contribution in [3.05, 3.63) is 23.8 Å². The van der Waals surface area contributed by atoms with E-state index in [2.05, 4.69) is 16.9 Å². The van der Waals surface area contributed by atoms with E-state index in [1.165, 1.54) is 0 Å². The molecular weight excluding hydrogens is 214 g/mol. The lowest BCUT2D eigenvalue weighted by atomic mass is 9.99. The van der Waals surface area contributed by atoms with Gasteiger partial charge >= 0.3 is 0 Å². The van der Waals surface area contributed by atoms with Crippen LogP contribution in [0, 0.1) is 0 Å². The molecule has 4 nitrogen and oxygen atoms in total. The maximum atomic E-state index is 5.91. The van der Waals surface area contributed by atoms with Crippen molar-refractivity contribution in [3.8, 4) is 0 Å². The number of ether oxygens (including phenoxy) is 1. The Morgan fingerprint density at radius 3 is 2.59 bits per heavy atom. The second-order valence-electron chi connectivity index (χ2n) is 4.71. The van der Waals surface area contributed by atoms with Crippen LogP contribution in [0.25, 0.3) is 0 Å². The fourth-order valence-corrected chi connectivity index (χ4v) is 2.08. The van der Waals surface area contributed by atoms with Gasteiger partial charge in [0.1, 0.15) is 5.82 Å². The minimum atomic E-state index is 0.215. The molecule has 0 bridgehead atoms. The Bertz CT molecular complexity index is 333. The van der Waals surface area contributed by atoms with E-state index in [1.54, 1.807) is 0 Å². The van der Waals surface area contributed by atoms with Crippen LogP contribution in [0.1, 0.15) is 43.5 Å². The lowest BCUT2D eigenvalue weighted by Crippen LogP contribution is -2.22. The molecule has 1 aromatic heterocycles. The first-order valence-corrected chi connectivity index (χ1v) is 6.43. The first-order chi connectivity index (χ1) is 8.29. The molecule has 2 rings (SSSR count). The zero-order valence-corrected chi connectivity index (χ0v) is 10.4.